The molecule has 2 aromatic rings. The SMILES string of the molecule is CCOC(=O)C1C(=O)NC(c2ccccc2)=CC1c1ccccc1. The zero-order valence-electron chi connectivity index (χ0n) is 13.4. The van der Waals surface area contributed by atoms with E-state index in [-0.39, 0.29) is 18.4 Å². The van der Waals surface area contributed by atoms with Gasteiger partial charge < -0.3 is 10.1 Å². The number of nitrogens with one attached hydrogen (secondary N) is 1. The first kappa shape index (κ1) is 16.0. The molecule has 0 saturated heterocycles. The van der Waals surface area contributed by atoms with Crippen molar-refractivity contribution in [3.63, 3.8) is 0 Å². The molecule has 4 heteroatoms. The summed E-state index contributed by atoms with van der Waals surface area (Å²) in [7, 11) is 0. The number of rotatable bonds is 4. The van der Waals surface area contributed by atoms with E-state index in [1.54, 1.807) is 6.92 Å². The van der Waals surface area contributed by atoms with Crippen LogP contribution in [-0.2, 0) is 14.3 Å². The van der Waals surface area contributed by atoms with E-state index in [1.165, 1.54) is 0 Å². The van der Waals surface area contributed by atoms with Crippen LogP contribution in [0.25, 0.3) is 5.70 Å². The Morgan fingerprint density at radius 2 is 1.67 bits per heavy atom. The average molecular weight is 321 g/mol. The lowest BCUT2D eigenvalue weighted by Gasteiger charge is -2.29. The van der Waals surface area contributed by atoms with Crippen molar-refractivity contribution in [1.82, 2.24) is 5.32 Å². The molecule has 0 aliphatic carbocycles. The molecule has 0 fully saturated rings. The minimum atomic E-state index is -0.875. The van der Waals surface area contributed by atoms with Gasteiger partial charge in [0.1, 0.15) is 5.92 Å². The van der Waals surface area contributed by atoms with Crippen molar-refractivity contribution < 1.29 is 14.3 Å². The molecule has 0 spiro atoms. The number of esters is 1. The lowest BCUT2D eigenvalue weighted by atomic mass is 9.81. The van der Waals surface area contributed by atoms with Crippen LogP contribution >= 0.6 is 0 Å². The van der Waals surface area contributed by atoms with Gasteiger partial charge in [-0.1, -0.05) is 66.7 Å². The van der Waals surface area contributed by atoms with E-state index >= 15 is 0 Å². The maximum atomic E-state index is 12.6. The monoisotopic (exact) mass is 321 g/mol. The van der Waals surface area contributed by atoms with Crippen molar-refractivity contribution in [2.45, 2.75) is 12.8 Å². The zero-order chi connectivity index (χ0) is 16.9. The molecule has 1 heterocycles. The van der Waals surface area contributed by atoms with Gasteiger partial charge in [0.25, 0.3) is 0 Å². The van der Waals surface area contributed by atoms with E-state index in [2.05, 4.69) is 5.32 Å². The number of ether oxygens (including phenoxy) is 1. The fourth-order valence-electron chi connectivity index (χ4n) is 2.93. The van der Waals surface area contributed by atoms with E-state index in [4.69, 9.17) is 4.74 Å². The van der Waals surface area contributed by atoms with E-state index in [0.29, 0.717) is 0 Å². The van der Waals surface area contributed by atoms with E-state index in [0.717, 1.165) is 16.8 Å². The van der Waals surface area contributed by atoms with Crippen LogP contribution in [0.1, 0.15) is 24.0 Å². The number of benzene rings is 2. The molecule has 1 aliphatic heterocycles. The predicted octanol–water partition coefficient (Wildman–Crippen LogP) is 3.12. The van der Waals surface area contributed by atoms with Crippen LogP contribution in [-0.4, -0.2) is 18.5 Å². The smallest absolute Gasteiger partial charge is 0.319 e. The highest BCUT2D eigenvalue weighted by Crippen LogP contribution is 2.34. The van der Waals surface area contributed by atoms with Gasteiger partial charge in [0.2, 0.25) is 5.91 Å². The number of amides is 1. The summed E-state index contributed by atoms with van der Waals surface area (Å²) in [6.45, 7) is 1.99. The molecular weight excluding hydrogens is 302 g/mol. The quantitative estimate of drug-likeness (QED) is 0.695. The molecule has 2 atom stereocenters. The molecule has 2 aromatic carbocycles. The second-order valence-corrected chi connectivity index (χ2v) is 5.60. The zero-order valence-corrected chi connectivity index (χ0v) is 13.4. The van der Waals surface area contributed by atoms with Gasteiger partial charge in [0.15, 0.2) is 0 Å². The second-order valence-electron chi connectivity index (χ2n) is 5.60. The van der Waals surface area contributed by atoms with Gasteiger partial charge in [-0.2, -0.15) is 0 Å². The third-order valence-corrected chi connectivity index (χ3v) is 4.06. The largest absolute Gasteiger partial charge is 0.465 e. The van der Waals surface area contributed by atoms with E-state index < -0.39 is 11.9 Å². The molecule has 0 bridgehead atoms. The Morgan fingerprint density at radius 1 is 1.04 bits per heavy atom. The number of carbonyl (C=O) groups excluding carboxylic acids is 2. The average Bonchev–Trinajstić information content (AvgIpc) is 2.62. The van der Waals surface area contributed by atoms with Crippen LogP contribution in [0.3, 0.4) is 0 Å². The van der Waals surface area contributed by atoms with Crippen molar-refractivity contribution in [3.05, 3.63) is 77.9 Å². The maximum absolute atomic E-state index is 12.6. The molecule has 1 amide bonds. The van der Waals surface area contributed by atoms with Crippen molar-refractivity contribution in [3.8, 4) is 0 Å². The molecule has 4 nitrogen and oxygen atoms in total. The summed E-state index contributed by atoms with van der Waals surface area (Å²) in [5.41, 5.74) is 2.54. The van der Waals surface area contributed by atoms with Crippen LogP contribution in [0.2, 0.25) is 0 Å². The highest BCUT2D eigenvalue weighted by Gasteiger charge is 2.39. The van der Waals surface area contributed by atoms with Gasteiger partial charge in [-0.3, -0.25) is 9.59 Å². The first-order chi connectivity index (χ1) is 11.7. The Hall–Kier alpha value is -2.88. The molecule has 1 aliphatic rings. The maximum Gasteiger partial charge on any atom is 0.319 e. The third kappa shape index (κ3) is 3.23. The van der Waals surface area contributed by atoms with Crippen LogP contribution in [0.15, 0.2) is 66.7 Å². The number of allylic oxidation sites excluding steroid dienone is 1. The molecule has 1 N–H and O–H groups in total. The van der Waals surface area contributed by atoms with Gasteiger partial charge in [-0.25, -0.2) is 0 Å². The van der Waals surface area contributed by atoms with E-state index in [1.807, 2.05) is 66.7 Å². The van der Waals surface area contributed by atoms with Gasteiger partial charge in [0.05, 0.1) is 6.61 Å². The molecule has 3 rings (SSSR count). The summed E-state index contributed by atoms with van der Waals surface area (Å²) >= 11 is 0. The Kier molecular flexibility index (Phi) is 4.75. The Bertz CT molecular complexity index is 753. The third-order valence-electron chi connectivity index (χ3n) is 4.06. The van der Waals surface area contributed by atoms with Crippen LogP contribution in [0.4, 0.5) is 0 Å². The van der Waals surface area contributed by atoms with Crippen molar-refractivity contribution in [2.75, 3.05) is 6.61 Å². The molecule has 24 heavy (non-hydrogen) atoms. The summed E-state index contributed by atoms with van der Waals surface area (Å²) < 4.78 is 5.12. The highest BCUT2D eigenvalue weighted by molar-refractivity contribution is 6.04. The fraction of sp³-hybridized carbons (Fsp3) is 0.200. The summed E-state index contributed by atoms with van der Waals surface area (Å²) in [4.78, 5) is 24.9. The molecule has 0 aromatic heterocycles. The Labute approximate surface area is 141 Å². The van der Waals surface area contributed by atoms with Crippen LogP contribution in [0, 0.1) is 5.92 Å². The minimum absolute atomic E-state index is 0.249. The lowest BCUT2D eigenvalue weighted by Crippen LogP contribution is -2.42. The summed E-state index contributed by atoms with van der Waals surface area (Å²) in [6.07, 6.45) is 1.94. The predicted molar refractivity (Wildman–Crippen MR) is 91.9 cm³/mol. The van der Waals surface area contributed by atoms with Gasteiger partial charge >= 0.3 is 5.97 Å². The Balaban J connectivity index is 2.04. The topological polar surface area (TPSA) is 55.4 Å². The van der Waals surface area contributed by atoms with Gasteiger partial charge in [-0.05, 0) is 18.1 Å². The standard InChI is InChI=1S/C20H19NO3/c1-2-24-20(23)18-16(14-9-5-3-6-10-14)13-17(21-19(18)22)15-11-7-4-8-12-15/h3-13,16,18H,2H2,1H3,(H,21,22). The van der Waals surface area contributed by atoms with Gasteiger partial charge in [-0.15, -0.1) is 0 Å². The van der Waals surface area contributed by atoms with Crippen molar-refractivity contribution in [1.29, 1.82) is 0 Å². The first-order valence-electron chi connectivity index (χ1n) is 8.00. The lowest BCUT2D eigenvalue weighted by molar-refractivity contribution is -0.152. The molecule has 0 radical (unpaired) electrons. The van der Waals surface area contributed by atoms with E-state index in [9.17, 15) is 9.59 Å². The summed E-state index contributed by atoms with van der Waals surface area (Å²) in [5, 5.41) is 2.84. The molecule has 122 valence electrons. The Morgan fingerprint density at radius 3 is 2.29 bits per heavy atom. The molecular formula is C20H19NO3. The number of carbonyl (C=O) groups is 2. The second kappa shape index (κ2) is 7.13. The fourth-order valence-corrected chi connectivity index (χ4v) is 2.93. The molecule has 0 saturated carbocycles. The molecule has 2 unspecified atom stereocenters. The normalized spacial score (nSPS) is 20.0. The van der Waals surface area contributed by atoms with Crippen LogP contribution < -0.4 is 5.32 Å². The number of hydrogen-bond donors (Lipinski definition) is 1. The summed E-state index contributed by atoms with van der Waals surface area (Å²) in [6, 6.07) is 19.2. The van der Waals surface area contributed by atoms with Gasteiger partial charge in [0, 0.05) is 11.6 Å². The highest BCUT2D eigenvalue weighted by atomic mass is 16.5. The minimum Gasteiger partial charge on any atom is -0.465 e. The number of hydrogen-bond acceptors (Lipinski definition) is 3. The summed E-state index contributed by atoms with van der Waals surface area (Å²) in [5.74, 6) is -2.05. The van der Waals surface area contributed by atoms with Crippen molar-refractivity contribution in [2.24, 2.45) is 5.92 Å². The van der Waals surface area contributed by atoms with Crippen LogP contribution in [0.5, 0.6) is 0 Å². The first-order valence-corrected chi connectivity index (χ1v) is 8.00. The van der Waals surface area contributed by atoms with Crippen molar-refractivity contribution >= 4 is 17.6 Å².